The highest BCUT2D eigenvalue weighted by molar-refractivity contribution is 4.52. The zero-order valence-electron chi connectivity index (χ0n) is 5.94. The van der Waals surface area contributed by atoms with E-state index in [9.17, 15) is 4.39 Å². The number of hydrogen-bond donors (Lipinski definition) is 1. The van der Waals surface area contributed by atoms with Gasteiger partial charge in [-0.2, -0.15) is 0 Å². The van der Waals surface area contributed by atoms with Crippen molar-refractivity contribution in [3.05, 3.63) is 0 Å². The standard InChI is InChI=1S/C7H15FO/c1-2-3-4-5-7(8)6-9/h7,9H,2-6H2,1H3/t7-/m0/s1. The molecule has 0 heterocycles. The first-order valence-electron chi connectivity index (χ1n) is 3.56. The van der Waals surface area contributed by atoms with Crippen LogP contribution in [-0.4, -0.2) is 17.9 Å². The molecule has 0 amide bonds. The second kappa shape index (κ2) is 6.02. The summed E-state index contributed by atoms with van der Waals surface area (Å²) >= 11 is 0. The quantitative estimate of drug-likeness (QED) is 0.569. The number of alkyl halides is 1. The molecule has 0 aromatic rings. The van der Waals surface area contributed by atoms with Gasteiger partial charge < -0.3 is 5.11 Å². The van der Waals surface area contributed by atoms with Crippen molar-refractivity contribution in [2.24, 2.45) is 0 Å². The van der Waals surface area contributed by atoms with Crippen molar-refractivity contribution in [2.75, 3.05) is 6.61 Å². The minimum absolute atomic E-state index is 0.316. The van der Waals surface area contributed by atoms with E-state index in [-0.39, 0.29) is 6.61 Å². The van der Waals surface area contributed by atoms with E-state index in [0.29, 0.717) is 6.42 Å². The third-order valence-corrected chi connectivity index (χ3v) is 1.32. The van der Waals surface area contributed by atoms with Crippen LogP contribution in [0.3, 0.4) is 0 Å². The van der Waals surface area contributed by atoms with Gasteiger partial charge in [0.25, 0.3) is 0 Å². The fourth-order valence-electron chi connectivity index (χ4n) is 0.707. The largest absolute Gasteiger partial charge is 0.393 e. The Morgan fingerprint density at radius 1 is 1.44 bits per heavy atom. The Balaban J connectivity index is 2.88. The van der Waals surface area contributed by atoms with Crippen LogP contribution in [0, 0.1) is 0 Å². The number of aliphatic hydroxyl groups is 1. The summed E-state index contributed by atoms with van der Waals surface area (Å²) in [6, 6.07) is 0. The number of hydrogen-bond acceptors (Lipinski definition) is 1. The highest BCUT2D eigenvalue weighted by atomic mass is 19.1. The smallest absolute Gasteiger partial charge is 0.123 e. The molecule has 1 atom stereocenters. The predicted octanol–water partition coefficient (Wildman–Crippen LogP) is 1.90. The van der Waals surface area contributed by atoms with E-state index >= 15 is 0 Å². The summed E-state index contributed by atoms with van der Waals surface area (Å²) in [5, 5.41) is 8.26. The van der Waals surface area contributed by atoms with Crippen molar-refractivity contribution >= 4 is 0 Å². The zero-order valence-corrected chi connectivity index (χ0v) is 5.94. The normalized spacial score (nSPS) is 13.7. The van der Waals surface area contributed by atoms with Gasteiger partial charge in [-0.3, -0.25) is 0 Å². The highest BCUT2D eigenvalue weighted by Gasteiger charge is 2.01. The van der Waals surface area contributed by atoms with Crippen LogP contribution in [0.5, 0.6) is 0 Å². The van der Waals surface area contributed by atoms with Crippen LogP contribution in [0.15, 0.2) is 0 Å². The third-order valence-electron chi connectivity index (χ3n) is 1.32. The van der Waals surface area contributed by atoms with E-state index in [1.165, 1.54) is 0 Å². The van der Waals surface area contributed by atoms with Gasteiger partial charge in [-0.25, -0.2) is 4.39 Å². The molecule has 0 radical (unpaired) electrons. The number of aliphatic hydroxyl groups excluding tert-OH is 1. The molecule has 0 unspecified atom stereocenters. The summed E-state index contributed by atoms with van der Waals surface area (Å²) in [5.41, 5.74) is 0. The molecule has 0 spiro atoms. The van der Waals surface area contributed by atoms with Crippen molar-refractivity contribution < 1.29 is 9.50 Å². The molecule has 0 saturated heterocycles. The molecular formula is C7H15FO. The van der Waals surface area contributed by atoms with Gasteiger partial charge in [0.15, 0.2) is 0 Å². The molecule has 9 heavy (non-hydrogen) atoms. The second-order valence-electron chi connectivity index (χ2n) is 2.28. The maximum Gasteiger partial charge on any atom is 0.123 e. The van der Waals surface area contributed by atoms with Crippen molar-refractivity contribution in [3.8, 4) is 0 Å². The molecule has 0 rings (SSSR count). The molecule has 0 aromatic heterocycles. The lowest BCUT2D eigenvalue weighted by atomic mass is 10.1. The molecule has 0 aliphatic heterocycles. The maximum absolute atomic E-state index is 12.2. The van der Waals surface area contributed by atoms with Gasteiger partial charge in [-0.15, -0.1) is 0 Å². The van der Waals surface area contributed by atoms with E-state index < -0.39 is 6.17 Å². The topological polar surface area (TPSA) is 20.2 Å². The van der Waals surface area contributed by atoms with Gasteiger partial charge in [-0.05, 0) is 6.42 Å². The molecule has 56 valence electrons. The number of halogens is 1. The Morgan fingerprint density at radius 2 is 2.11 bits per heavy atom. The Morgan fingerprint density at radius 3 is 2.56 bits per heavy atom. The van der Waals surface area contributed by atoms with Crippen molar-refractivity contribution in [2.45, 2.75) is 38.8 Å². The molecule has 0 aliphatic rings. The molecular weight excluding hydrogens is 119 g/mol. The Labute approximate surface area is 55.9 Å². The minimum atomic E-state index is -0.989. The molecule has 1 N–H and O–H groups in total. The fraction of sp³-hybridized carbons (Fsp3) is 1.00. The van der Waals surface area contributed by atoms with Crippen LogP contribution >= 0.6 is 0 Å². The van der Waals surface area contributed by atoms with Gasteiger partial charge in [-0.1, -0.05) is 26.2 Å². The van der Waals surface area contributed by atoms with E-state index in [4.69, 9.17) is 5.11 Å². The fourth-order valence-corrected chi connectivity index (χ4v) is 0.707. The SMILES string of the molecule is CCCCC[C@H](F)CO. The van der Waals surface area contributed by atoms with Crippen molar-refractivity contribution in [1.82, 2.24) is 0 Å². The van der Waals surface area contributed by atoms with Crippen LogP contribution < -0.4 is 0 Å². The van der Waals surface area contributed by atoms with Crippen molar-refractivity contribution in [3.63, 3.8) is 0 Å². The summed E-state index contributed by atoms with van der Waals surface area (Å²) in [5.74, 6) is 0. The maximum atomic E-state index is 12.2. The lowest BCUT2D eigenvalue weighted by Crippen LogP contribution is -2.04. The van der Waals surface area contributed by atoms with E-state index in [0.717, 1.165) is 19.3 Å². The molecule has 0 aromatic carbocycles. The Hall–Kier alpha value is -0.110. The molecule has 2 heteroatoms. The lowest BCUT2D eigenvalue weighted by molar-refractivity contribution is 0.167. The zero-order chi connectivity index (χ0) is 7.11. The van der Waals surface area contributed by atoms with Crippen LogP contribution in [0.4, 0.5) is 4.39 Å². The summed E-state index contributed by atoms with van der Waals surface area (Å²) in [4.78, 5) is 0. The highest BCUT2D eigenvalue weighted by Crippen LogP contribution is 2.04. The second-order valence-corrected chi connectivity index (χ2v) is 2.28. The first-order chi connectivity index (χ1) is 4.31. The minimum Gasteiger partial charge on any atom is -0.393 e. The Bertz CT molecular complexity index is 56.9. The molecule has 1 nitrogen and oxygen atoms in total. The molecule has 0 aliphatic carbocycles. The monoisotopic (exact) mass is 134 g/mol. The van der Waals surface area contributed by atoms with Gasteiger partial charge in [0.2, 0.25) is 0 Å². The number of rotatable bonds is 5. The van der Waals surface area contributed by atoms with Gasteiger partial charge in [0.1, 0.15) is 6.17 Å². The van der Waals surface area contributed by atoms with Crippen LogP contribution in [-0.2, 0) is 0 Å². The third kappa shape index (κ3) is 5.77. The van der Waals surface area contributed by atoms with Crippen LogP contribution in [0.1, 0.15) is 32.6 Å². The lowest BCUT2D eigenvalue weighted by Gasteiger charge is -2.01. The summed E-state index contributed by atoms with van der Waals surface area (Å²) in [6.07, 6.45) is 2.61. The van der Waals surface area contributed by atoms with Crippen LogP contribution in [0.2, 0.25) is 0 Å². The summed E-state index contributed by atoms with van der Waals surface area (Å²) < 4.78 is 12.2. The molecule has 0 saturated carbocycles. The van der Waals surface area contributed by atoms with E-state index in [1.54, 1.807) is 0 Å². The predicted molar refractivity (Wildman–Crippen MR) is 36.1 cm³/mol. The average molecular weight is 134 g/mol. The van der Waals surface area contributed by atoms with Gasteiger partial charge in [0.05, 0.1) is 6.61 Å². The summed E-state index contributed by atoms with van der Waals surface area (Å²) in [6.45, 7) is 1.76. The first-order valence-corrected chi connectivity index (χ1v) is 3.56. The molecule has 0 bridgehead atoms. The first kappa shape index (κ1) is 8.89. The van der Waals surface area contributed by atoms with Crippen molar-refractivity contribution in [1.29, 1.82) is 0 Å². The van der Waals surface area contributed by atoms with E-state index in [2.05, 4.69) is 6.92 Å². The number of unbranched alkanes of at least 4 members (excludes halogenated alkanes) is 2. The Kier molecular flexibility index (Phi) is 5.94. The van der Waals surface area contributed by atoms with Gasteiger partial charge >= 0.3 is 0 Å². The van der Waals surface area contributed by atoms with Crippen LogP contribution in [0.25, 0.3) is 0 Å². The average Bonchev–Trinajstić information content (AvgIpc) is 1.89. The molecule has 0 fully saturated rings. The summed E-state index contributed by atoms with van der Waals surface area (Å²) in [7, 11) is 0. The van der Waals surface area contributed by atoms with Gasteiger partial charge in [0, 0.05) is 0 Å². The van der Waals surface area contributed by atoms with E-state index in [1.807, 2.05) is 0 Å².